The van der Waals surface area contributed by atoms with Crippen LogP contribution in [0.4, 0.5) is 0 Å². The van der Waals surface area contributed by atoms with Gasteiger partial charge in [-0.05, 0) is 37.1 Å². The van der Waals surface area contributed by atoms with E-state index in [1.165, 1.54) is 44.9 Å². The van der Waals surface area contributed by atoms with Crippen LogP contribution in [0.1, 0.15) is 56.3 Å². The number of aromatic nitrogens is 2. The minimum absolute atomic E-state index is 0.652. The maximum Gasteiger partial charge on any atom is 0.0544 e. The molecule has 23 heavy (non-hydrogen) atoms. The van der Waals surface area contributed by atoms with Gasteiger partial charge < -0.3 is 0 Å². The average molecular weight is 309 g/mol. The Morgan fingerprint density at radius 2 is 1.26 bits per heavy atom. The van der Waals surface area contributed by atoms with Crippen LogP contribution in [0.15, 0.2) is 48.8 Å². The lowest BCUT2D eigenvalue weighted by molar-refractivity contribution is 0.145. The summed E-state index contributed by atoms with van der Waals surface area (Å²) in [6.45, 7) is 1.84. The summed E-state index contributed by atoms with van der Waals surface area (Å²) in [6.07, 6.45) is 13.3. The SMILES string of the molecule is c1ccc(CN(Cc2ccccn2)C2CCCCCCC2)nc1. The first-order valence-electron chi connectivity index (χ1n) is 8.96. The van der Waals surface area contributed by atoms with Crippen molar-refractivity contribution in [3.8, 4) is 0 Å². The summed E-state index contributed by atoms with van der Waals surface area (Å²) in [7, 11) is 0. The number of hydrogen-bond donors (Lipinski definition) is 0. The molecule has 0 atom stereocenters. The third-order valence-corrected chi connectivity index (χ3v) is 4.77. The van der Waals surface area contributed by atoms with E-state index in [-0.39, 0.29) is 0 Å². The minimum Gasteiger partial charge on any atom is -0.289 e. The molecule has 1 aliphatic rings. The number of nitrogens with zero attached hydrogens (tertiary/aromatic N) is 3. The fourth-order valence-corrected chi connectivity index (χ4v) is 3.51. The molecule has 1 fully saturated rings. The Hall–Kier alpha value is -1.74. The molecule has 3 rings (SSSR count). The van der Waals surface area contributed by atoms with Crippen LogP contribution in [0, 0.1) is 0 Å². The molecule has 0 radical (unpaired) electrons. The molecule has 2 aromatic rings. The van der Waals surface area contributed by atoms with Crippen molar-refractivity contribution >= 4 is 0 Å². The van der Waals surface area contributed by atoms with Crippen LogP contribution in [0.5, 0.6) is 0 Å². The summed E-state index contributed by atoms with van der Waals surface area (Å²) in [4.78, 5) is 11.7. The highest BCUT2D eigenvalue weighted by molar-refractivity contribution is 5.06. The van der Waals surface area contributed by atoms with Gasteiger partial charge in [-0.25, -0.2) is 0 Å². The van der Waals surface area contributed by atoms with E-state index in [1.54, 1.807) is 0 Å². The number of rotatable bonds is 5. The molecule has 0 saturated heterocycles. The Morgan fingerprint density at radius 1 is 0.739 bits per heavy atom. The van der Waals surface area contributed by atoms with Gasteiger partial charge in [0.2, 0.25) is 0 Å². The van der Waals surface area contributed by atoms with E-state index in [4.69, 9.17) is 0 Å². The zero-order chi connectivity index (χ0) is 15.7. The predicted octanol–water partition coefficient (Wildman–Crippen LogP) is 4.59. The third-order valence-electron chi connectivity index (χ3n) is 4.77. The molecule has 0 unspecified atom stereocenters. The van der Waals surface area contributed by atoms with Crippen molar-refractivity contribution in [2.24, 2.45) is 0 Å². The van der Waals surface area contributed by atoms with Gasteiger partial charge in [0.15, 0.2) is 0 Å². The zero-order valence-electron chi connectivity index (χ0n) is 13.9. The fourth-order valence-electron chi connectivity index (χ4n) is 3.51. The highest BCUT2D eigenvalue weighted by Crippen LogP contribution is 2.24. The van der Waals surface area contributed by atoms with E-state index in [9.17, 15) is 0 Å². The van der Waals surface area contributed by atoms with E-state index >= 15 is 0 Å². The van der Waals surface area contributed by atoms with Crippen LogP contribution in [-0.2, 0) is 13.1 Å². The Balaban J connectivity index is 1.74. The quantitative estimate of drug-likeness (QED) is 0.809. The first-order chi connectivity index (χ1) is 11.4. The van der Waals surface area contributed by atoms with E-state index in [0.29, 0.717) is 6.04 Å². The van der Waals surface area contributed by atoms with Crippen LogP contribution < -0.4 is 0 Å². The normalized spacial score (nSPS) is 16.9. The second kappa shape index (κ2) is 8.78. The zero-order valence-corrected chi connectivity index (χ0v) is 13.9. The molecular weight excluding hydrogens is 282 g/mol. The van der Waals surface area contributed by atoms with Crippen molar-refractivity contribution in [2.75, 3.05) is 0 Å². The predicted molar refractivity (Wildman–Crippen MR) is 93.8 cm³/mol. The first-order valence-corrected chi connectivity index (χ1v) is 8.96. The van der Waals surface area contributed by atoms with Crippen molar-refractivity contribution < 1.29 is 0 Å². The molecule has 1 saturated carbocycles. The molecule has 2 aromatic heterocycles. The second-order valence-electron chi connectivity index (χ2n) is 6.55. The summed E-state index contributed by atoms with van der Waals surface area (Å²) < 4.78 is 0. The number of hydrogen-bond acceptors (Lipinski definition) is 3. The Bertz CT molecular complexity index is 506. The van der Waals surface area contributed by atoms with Gasteiger partial charge in [-0.3, -0.25) is 14.9 Å². The van der Waals surface area contributed by atoms with E-state index in [0.717, 1.165) is 24.5 Å². The maximum atomic E-state index is 4.53. The third kappa shape index (κ3) is 5.14. The summed E-state index contributed by atoms with van der Waals surface area (Å²) in [5, 5.41) is 0. The van der Waals surface area contributed by atoms with Crippen molar-refractivity contribution in [1.82, 2.24) is 14.9 Å². The highest BCUT2D eigenvalue weighted by Gasteiger charge is 2.20. The molecule has 3 nitrogen and oxygen atoms in total. The van der Waals surface area contributed by atoms with Crippen LogP contribution in [0.3, 0.4) is 0 Å². The van der Waals surface area contributed by atoms with Gasteiger partial charge >= 0.3 is 0 Å². The van der Waals surface area contributed by atoms with E-state index in [1.807, 2.05) is 24.5 Å². The molecule has 0 N–H and O–H groups in total. The summed E-state index contributed by atoms with van der Waals surface area (Å²) in [5.41, 5.74) is 2.32. The van der Waals surface area contributed by atoms with Crippen LogP contribution in [-0.4, -0.2) is 20.9 Å². The molecule has 0 amide bonds. The molecule has 0 aliphatic heterocycles. The molecule has 0 spiro atoms. The van der Waals surface area contributed by atoms with Gasteiger partial charge in [0.05, 0.1) is 11.4 Å². The Kier molecular flexibility index (Phi) is 6.16. The lowest BCUT2D eigenvalue weighted by Crippen LogP contribution is -2.35. The second-order valence-corrected chi connectivity index (χ2v) is 6.55. The van der Waals surface area contributed by atoms with E-state index in [2.05, 4.69) is 39.1 Å². The van der Waals surface area contributed by atoms with Gasteiger partial charge in [0.25, 0.3) is 0 Å². The molecule has 2 heterocycles. The van der Waals surface area contributed by atoms with Gasteiger partial charge in [0, 0.05) is 31.5 Å². The Labute approximate surface area is 139 Å². The standard InChI is InChI=1S/C20H27N3/c1-2-4-12-20(13-5-3-1)23(16-18-10-6-8-14-21-18)17-19-11-7-9-15-22-19/h6-11,14-15,20H,1-5,12-13,16-17H2. The minimum atomic E-state index is 0.652. The average Bonchev–Trinajstić information content (AvgIpc) is 2.56. The Morgan fingerprint density at radius 3 is 1.74 bits per heavy atom. The topological polar surface area (TPSA) is 29.0 Å². The van der Waals surface area contributed by atoms with Gasteiger partial charge in [0.1, 0.15) is 0 Å². The molecule has 0 aromatic carbocycles. The largest absolute Gasteiger partial charge is 0.289 e. The number of pyridine rings is 2. The van der Waals surface area contributed by atoms with Crippen LogP contribution in [0.25, 0.3) is 0 Å². The van der Waals surface area contributed by atoms with Crippen molar-refractivity contribution in [3.05, 3.63) is 60.2 Å². The molecule has 0 bridgehead atoms. The fraction of sp³-hybridized carbons (Fsp3) is 0.500. The molecular formula is C20H27N3. The first kappa shape index (κ1) is 16.1. The lowest BCUT2D eigenvalue weighted by Gasteiger charge is -2.32. The maximum absolute atomic E-state index is 4.53. The van der Waals surface area contributed by atoms with Gasteiger partial charge in [-0.2, -0.15) is 0 Å². The van der Waals surface area contributed by atoms with Crippen LogP contribution >= 0.6 is 0 Å². The van der Waals surface area contributed by atoms with Crippen molar-refractivity contribution in [2.45, 2.75) is 64.1 Å². The molecule has 122 valence electrons. The summed E-state index contributed by atoms with van der Waals surface area (Å²) in [6, 6.07) is 13.1. The summed E-state index contributed by atoms with van der Waals surface area (Å²) in [5.74, 6) is 0. The lowest BCUT2D eigenvalue weighted by atomic mass is 9.95. The van der Waals surface area contributed by atoms with Gasteiger partial charge in [-0.15, -0.1) is 0 Å². The van der Waals surface area contributed by atoms with Gasteiger partial charge in [-0.1, -0.05) is 44.2 Å². The van der Waals surface area contributed by atoms with Crippen molar-refractivity contribution in [1.29, 1.82) is 0 Å². The highest BCUT2D eigenvalue weighted by atomic mass is 15.2. The van der Waals surface area contributed by atoms with Crippen molar-refractivity contribution in [3.63, 3.8) is 0 Å². The molecule has 3 heteroatoms. The smallest absolute Gasteiger partial charge is 0.0544 e. The van der Waals surface area contributed by atoms with Crippen LogP contribution in [0.2, 0.25) is 0 Å². The summed E-state index contributed by atoms with van der Waals surface area (Å²) >= 11 is 0. The monoisotopic (exact) mass is 309 g/mol. The molecule has 1 aliphatic carbocycles. The van der Waals surface area contributed by atoms with E-state index < -0.39 is 0 Å².